The van der Waals surface area contributed by atoms with Crippen molar-refractivity contribution in [1.29, 1.82) is 0 Å². The Balaban J connectivity index is 1.82. The van der Waals surface area contributed by atoms with Gasteiger partial charge in [-0.1, -0.05) is 30.3 Å². The maximum atomic E-state index is 13.2. The molecule has 0 aliphatic rings. The fourth-order valence-electron chi connectivity index (χ4n) is 3.32. The maximum Gasteiger partial charge on any atom is 0.408 e. The monoisotopic (exact) mass is 483 g/mol. The number of amides is 1. The highest BCUT2D eigenvalue weighted by Gasteiger charge is 2.27. The first-order valence-electron chi connectivity index (χ1n) is 10.9. The van der Waals surface area contributed by atoms with E-state index in [1.807, 2.05) is 37.3 Å². The number of hydrogen-bond donors (Lipinski definition) is 1. The number of esters is 1. The number of ether oxygens (including phenoxy) is 2. The van der Waals surface area contributed by atoms with Crippen molar-refractivity contribution < 1.29 is 23.5 Å². The lowest BCUT2D eigenvalue weighted by Gasteiger charge is -2.23. The number of carbonyl (C=O) groups is 2. The van der Waals surface area contributed by atoms with Crippen LogP contribution in [0.25, 0.3) is 11.0 Å². The van der Waals surface area contributed by atoms with Gasteiger partial charge in [-0.3, -0.25) is 0 Å². The first-order valence-corrected chi connectivity index (χ1v) is 12.1. The predicted octanol–water partition coefficient (Wildman–Crippen LogP) is 5.14. The molecule has 1 amide bonds. The van der Waals surface area contributed by atoms with Gasteiger partial charge in [0.15, 0.2) is 0 Å². The number of benzene rings is 2. The van der Waals surface area contributed by atoms with E-state index in [0.29, 0.717) is 22.3 Å². The third-order valence-electron chi connectivity index (χ3n) is 4.73. The summed E-state index contributed by atoms with van der Waals surface area (Å²) < 4.78 is 16.4. The molecule has 7 nitrogen and oxygen atoms in total. The van der Waals surface area contributed by atoms with Crippen LogP contribution in [0.4, 0.5) is 4.79 Å². The minimum Gasteiger partial charge on any atom is -0.444 e. The van der Waals surface area contributed by atoms with E-state index in [1.165, 1.54) is 17.8 Å². The van der Waals surface area contributed by atoms with Gasteiger partial charge in [0.2, 0.25) is 0 Å². The Morgan fingerprint density at radius 1 is 1.09 bits per heavy atom. The van der Waals surface area contributed by atoms with E-state index in [-0.39, 0.29) is 11.5 Å². The zero-order valence-electron chi connectivity index (χ0n) is 20.0. The molecule has 1 heterocycles. The van der Waals surface area contributed by atoms with Crippen LogP contribution in [0.3, 0.4) is 0 Å². The number of rotatable bonds is 7. The van der Waals surface area contributed by atoms with Crippen LogP contribution in [-0.4, -0.2) is 29.5 Å². The maximum absolute atomic E-state index is 13.2. The van der Waals surface area contributed by atoms with Crippen molar-refractivity contribution in [3.05, 3.63) is 75.6 Å². The van der Waals surface area contributed by atoms with Gasteiger partial charge in [-0.2, -0.15) is 11.8 Å². The van der Waals surface area contributed by atoms with E-state index in [0.717, 1.165) is 11.1 Å². The second-order valence-electron chi connectivity index (χ2n) is 9.01. The zero-order valence-corrected chi connectivity index (χ0v) is 20.8. The van der Waals surface area contributed by atoms with Crippen molar-refractivity contribution in [1.82, 2.24) is 5.32 Å². The fourth-order valence-corrected chi connectivity index (χ4v) is 4.33. The molecule has 180 valence electrons. The topological polar surface area (TPSA) is 94.8 Å². The fraction of sp³-hybridized carbons (Fsp3) is 0.346. The lowest BCUT2D eigenvalue weighted by molar-refractivity contribution is -0.136. The van der Waals surface area contributed by atoms with E-state index in [1.54, 1.807) is 39.8 Å². The van der Waals surface area contributed by atoms with Crippen LogP contribution in [0.5, 0.6) is 5.75 Å². The Morgan fingerprint density at radius 2 is 1.79 bits per heavy atom. The van der Waals surface area contributed by atoms with Gasteiger partial charge in [-0.25, -0.2) is 14.4 Å². The predicted molar refractivity (Wildman–Crippen MR) is 133 cm³/mol. The van der Waals surface area contributed by atoms with Crippen molar-refractivity contribution in [3.63, 3.8) is 0 Å². The van der Waals surface area contributed by atoms with Crippen LogP contribution in [0.15, 0.2) is 57.7 Å². The van der Waals surface area contributed by atoms with Crippen molar-refractivity contribution in [2.24, 2.45) is 0 Å². The van der Waals surface area contributed by atoms with Gasteiger partial charge in [0, 0.05) is 17.6 Å². The molecule has 2 aromatic carbocycles. The first kappa shape index (κ1) is 25.4. The lowest BCUT2D eigenvalue weighted by Crippen LogP contribution is -2.46. The molecule has 3 rings (SSSR count). The molecule has 0 fully saturated rings. The van der Waals surface area contributed by atoms with E-state index >= 15 is 0 Å². The summed E-state index contributed by atoms with van der Waals surface area (Å²) in [5.74, 6) is 0.581. The van der Waals surface area contributed by atoms with E-state index in [9.17, 15) is 14.4 Å². The molecule has 0 aliphatic carbocycles. The third kappa shape index (κ3) is 7.12. The van der Waals surface area contributed by atoms with Gasteiger partial charge in [0.1, 0.15) is 23.0 Å². The van der Waals surface area contributed by atoms with Crippen molar-refractivity contribution in [2.45, 2.75) is 52.0 Å². The van der Waals surface area contributed by atoms with Crippen LogP contribution in [0.1, 0.15) is 37.5 Å². The van der Waals surface area contributed by atoms with Gasteiger partial charge in [-0.15, -0.1) is 0 Å². The molecular formula is C26H29NO6S. The van der Waals surface area contributed by atoms with Gasteiger partial charge < -0.3 is 19.2 Å². The first-order chi connectivity index (χ1) is 16.0. The van der Waals surface area contributed by atoms with Crippen molar-refractivity contribution in [2.75, 3.05) is 5.75 Å². The molecule has 8 heteroatoms. The number of carbonyl (C=O) groups excluding carboxylic acids is 2. The molecule has 3 aromatic rings. The Bertz CT molecular complexity index is 1230. The highest BCUT2D eigenvalue weighted by atomic mass is 32.2. The second-order valence-corrected chi connectivity index (χ2v) is 10.0. The van der Waals surface area contributed by atoms with Crippen LogP contribution in [0.2, 0.25) is 0 Å². The zero-order chi connectivity index (χ0) is 24.9. The quantitative estimate of drug-likeness (QED) is 0.282. The van der Waals surface area contributed by atoms with E-state index < -0.39 is 29.3 Å². The summed E-state index contributed by atoms with van der Waals surface area (Å²) in [7, 11) is 0. The Morgan fingerprint density at radius 3 is 2.47 bits per heavy atom. The van der Waals surface area contributed by atoms with Crippen LogP contribution in [-0.2, 0) is 15.3 Å². The molecule has 1 atom stereocenters. The Kier molecular flexibility index (Phi) is 8.04. The number of alkyl carbamates (subject to hydrolysis) is 1. The van der Waals surface area contributed by atoms with Crippen molar-refractivity contribution in [3.8, 4) is 5.75 Å². The normalized spacial score (nSPS) is 12.3. The molecule has 0 bridgehead atoms. The molecule has 1 aromatic heterocycles. The average molecular weight is 484 g/mol. The third-order valence-corrected chi connectivity index (χ3v) is 5.84. The molecular weight excluding hydrogens is 454 g/mol. The number of aryl methyl sites for hydroxylation is 2. The standard InChI is InChI=1S/C26H29NO6S/c1-16-11-20-23(17(2)13-22(28)31-20)21(12-16)32-24(29)19(27-25(30)33-26(3,4)5)15-34-14-18-9-7-6-8-10-18/h6-13,19H,14-15H2,1-5H3,(H,27,30). The largest absolute Gasteiger partial charge is 0.444 e. The van der Waals surface area contributed by atoms with E-state index in [4.69, 9.17) is 13.9 Å². The lowest BCUT2D eigenvalue weighted by atomic mass is 10.1. The molecule has 0 saturated carbocycles. The Hall–Kier alpha value is -3.26. The van der Waals surface area contributed by atoms with E-state index in [2.05, 4.69) is 5.32 Å². The highest BCUT2D eigenvalue weighted by Crippen LogP contribution is 2.30. The summed E-state index contributed by atoms with van der Waals surface area (Å²) in [6.07, 6.45) is -0.703. The molecule has 0 aliphatic heterocycles. The van der Waals surface area contributed by atoms with Gasteiger partial charge in [0.05, 0.1) is 5.39 Å². The van der Waals surface area contributed by atoms with Gasteiger partial charge in [0.25, 0.3) is 0 Å². The molecule has 0 saturated heterocycles. The summed E-state index contributed by atoms with van der Waals surface area (Å²) in [5.41, 5.74) is 1.64. The highest BCUT2D eigenvalue weighted by molar-refractivity contribution is 7.98. The summed E-state index contributed by atoms with van der Waals surface area (Å²) in [4.78, 5) is 37.4. The number of fused-ring (bicyclic) bond motifs is 1. The molecule has 34 heavy (non-hydrogen) atoms. The van der Waals surface area contributed by atoms with Gasteiger partial charge >= 0.3 is 17.7 Å². The van der Waals surface area contributed by atoms with Gasteiger partial charge in [-0.05, 0) is 63.4 Å². The second kappa shape index (κ2) is 10.8. The number of thioether (sulfide) groups is 1. The average Bonchev–Trinajstić information content (AvgIpc) is 2.71. The number of nitrogens with one attached hydrogen (secondary N) is 1. The molecule has 1 N–H and O–H groups in total. The van der Waals surface area contributed by atoms with Crippen LogP contribution in [0, 0.1) is 13.8 Å². The van der Waals surface area contributed by atoms with Crippen LogP contribution >= 0.6 is 11.8 Å². The summed E-state index contributed by atoms with van der Waals surface area (Å²) in [6.45, 7) is 8.81. The molecule has 0 radical (unpaired) electrons. The summed E-state index contributed by atoms with van der Waals surface area (Å²) in [5, 5.41) is 3.17. The smallest absolute Gasteiger partial charge is 0.408 e. The minimum atomic E-state index is -0.949. The summed E-state index contributed by atoms with van der Waals surface area (Å²) in [6, 6.07) is 13.6. The Labute approximate surface area is 202 Å². The van der Waals surface area contributed by atoms with Crippen LogP contribution < -0.4 is 15.7 Å². The molecule has 1 unspecified atom stereocenters. The minimum absolute atomic E-state index is 0.269. The summed E-state index contributed by atoms with van der Waals surface area (Å²) >= 11 is 1.49. The number of hydrogen-bond acceptors (Lipinski definition) is 7. The van der Waals surface area contributed by atoms with Crippen molar-refractivity contribution >= 4 is 34.8 Å². The SMILES string of the molecule is Cc1cc(OC(=O)C(CSCc2ccccc2)NC(=O)OC(C)(C)C)c2c(C)cc(=O)oc2c1. The molecule has 0 spiro atoms.